The zero-order chi connectivity index (χ0) is 13.3. The fourth-order valence-corrected chi connectivity index (χ4v) is 3.92. The van der Waals surface area contributed by atoms with Crippen LogP contribution < -0.4 is 5.32 Å². The maximum Gasteiger partial charge on any atom is 0.339 e. The fourth-order valence-electron chi connectivity index (χ4n) is 1.99. The maximum absolute atomic E-state index is 11.3. The lowest BCUT2D eigenvalue weighted by molar-refractivity contribution is 0.0698. The molecule has 0 bridgehead atoms. The van der Waals surface area contributed by atoms with Crippen LogP contribution in [0.5, 0.6) is 0 Å². The average molecular weight is 290 g/mol. The SMILES string of the molecule is O=C(O)c1c(Cl)cccc1NC1CCS(=O)(=O)C1. The number of hydrogen-bond donors (Lipinski definition) is 2. The van der Waals surface area contributed by atoms with Gasteiger partial charge in [0.25, 0.3) is 0 Å². The molecule has 7 heteroatoms. The van der Waals surface area contributed by atoms with Crippen molar-refractivity contribution >= 4 is 33.1 Å². The quantitative estimate of drug-likeness (QED) is 0.884. The highest BCUT2D eigenvalue weighted by Gasteiger charge is 2.28. The van der Waals surface area contributed by atoms with E-state index in [2.05, 4.69) is 5.32 Å². The van der Waals surface area contributed by atoms with Gasteiger partial charge in [-0.3, -0.25) is 0 Å². The number of nitrogens with one attached hydrogen (secondary N) is 1. The van der Waals surface area contributed by atoms with E-state index >= 15 is 0 Å². The van der Waals surface area contributed by atoms with Gasteiger partial charge in [-0.2, -0.15) is 0 Å². The Morgan fingerprint density at radius 3 is 2.72 bits per heavy atom. The molecule has 0 aromatic heterocycles. The van der Waals surface area contributed by atoms with Crippen molar-refractivity contribution in [3.8, 4) is 0 Å². The van der Waals surface area contributed by atoms with E-state index in [9.17, 15) is 13.2 Å². The molecule has 0 amide bonds. The van der Waals surface area contributed by atoms with Gasteiger partial charge in [0.1, 0.15) is 5.56 Å². The number of halogens is 1. The van der Waals surface area contributed by atoms with Crippen molar-refractivity contribution in [2.75, 3.05) is 16.8 Å². The highest BCUT2D eigenvalue weighted by Crippen LogP contribution is 2.26. The standard InChI is InChI=1S/C11H12ClNO4S/c12-8-2-1-3-9(10(8)11(14)15)13-7-4-5-18(16,17)6-7/h1-3,7,13H,4-6H2,(H,14,15). The van der Waals surface area contributed by atoms with Gasteiger partial charge in [0.15, 0.2) is 9.84 Å². The van der Waals surface area contributed by atoms with E-state index in [0.29, 0.717) is 12.1 Å². The Bertz CT molecular complexity index is 585. The molecule has 0 spiro atoms. The summed E-state index contributed by atoms with van der Waals surface area (Å²) in [6.45, 7) is 0. The number of anilines is 1. The first-order valence-corrected chi connectivity index (χ1v) is 7.58. The second kappa shape index (κ2) is 4.78. The van der Waals surface area contributed by atoms with Crippen LogP contribution in [0.4, 0.5) is 5.69 Å². The normalized spacial score (nSPS) is 21.7. The van der Waals surface area contributed by atoms with E-state index in [1.165, 1.54) is 6.07 Å². The van der Waals surface area contributed by atoms with Crippen LogP contribution in [0.2, 0.25) is 5.02 Å². The molecule has 5 nitrogen and oxygen atoms in total. The molecule has 1 atom stereocenters. The third kappa shape index (κ3) is 2.76. The van der Waals surface area contributed by atoms with E-state index < -0.39 is 15.8 Å². The number of rotatable bonds is 3. The second-order valence-electron chi connectivity index (χ2n) is 4.21. The van der Waals surface area contributed by atoms with Crippen molar-refractivity contribution < 1.29 is 18.3 Å². The third-order valence-electron chi connectivity index (χ3n) is 2.82. The topological polar surface area (TPSA) is 83.5 Å². The molecule has 18 heavy (non-hydrogen) atoms. The molecule has 1 aliphatic heterocycles. The van der Waals surface area contributed by atoms with E-state index in [-0.39, 0.29) is 28.1 Å². The van der Waals surface area contributed by atoms with E-state index in [1.807, 2.05) is 0 Å². The summed E-state index contributed by atoms with van der Waals surface area (Å²) in [6, 6.07) is 4.44. The zero-order valence-corrected chi connectivity index (χ0v) is 11.0. The Morgan fingerprint density at radius 1 is 1.44 bits per heavy atom. The predicted octanol–water partition coefficient (Wildman–Crippen LogP) is 1.64. The first-order chi connectivity index (χ1) is 8.39. The van der Waals surface area contributed by atoms with Crippen molar-refractivity contribution in [3.05, 3.63) is 28.8 Å². The van der Waals surface area contributed by atoms with Gasteiger partial charge in [-0.15, -0.1) is 0 Å². The first-order valence-electron chi connectivity index (χ1n) is 5.38. The molecule has 1 fully saturated rings. The number of carboxylic acid groups (broad SMARTS) is 1. The summed E-state index contributed by atoms with van der Waals surface area (Å²) in [6.07, 6.45) is 0.480. The van der Waals surface area contributed by atoms with Gasteiger partial charge >= 0.3 is 5.97 Å². The van der Waals surface area contributed by atoms with E-state index in [1.54, 1.807) is 12.1 Å². The number of carbonyl (C=O) groups is 1. The Hall–Kier alpha value is -1.27. The van der Waals surface area contributed by atoms with Gasteiger partial charge in [-0.25, -0.2) is 13.2 Å². The molecule has 1 heterocycles. The number of aromatic carboxylic acids is 1. The Labute approximate surface area is 110 Å². The van der Waals surface area contributed by atoms with Crippen LogP contribution in [0.15, 0.2) is 18.2 Å². The lowest BCUT2D eigenvalue weighted by Crippen LogP contribution is -2.22. The zero-order valence-electron chi connectivity index (χ0n) is 9.39. The first kappa shape index (κ1) is 13.2. The van der Waals surface area contributed by atoms with Crippen LogP contribution in [-0.4, -0.2) is 37.0 Å². The fraction of sp³-hybridized carbons (Fsp3) is 0.364. The van der Waals surface area contributed by atoms with Crippen molar-refractivity contribution in [3.63, 3.8) is 0 Å². The van der Waals surface area contributed by atoms with Crippen LogP contribution >= 0.6 is 11.6 Å². The summed E-state index contributed by atoms with van der Waals surface area (Å²) in [5.74, 6) is -0.976. The minimum atomic E-state index is -3.00. The number of benzene rings is 1. The second-order valence-corrected chi connectivity index (χ2v) is 6.85. The van der Waals surface area contributed by atoms with Gasteiger partial charge in [0.2, 0.25) is 0 Å². The summed E-state index contributed by atoms with van der Waals surface area (Å²) < 4.78 is 22.7. The molecule has 0 saturated carbocycles. The van der Waals surface area contributed by atoms with Crippen molar-refractivity contribution in [1.29, 1.82) is 0 Å². The maximum atomic E-state index is 11.3. The van der Waals surface area contributed by atoms with Gasteiger partial charge in [-0.1, -0.05) is 17.7 Å². The minimum absolute atomic E-state index is 0.0246. The van der Waals surface area contributed by atoms with Gasteiger partial charge in [-0.05, 0) is 18.6 Å². The molecule has 1 saturated heterocycles. The van der Waals surface area contributed by atoms with Crippen LogP contribution in [0, 0.1) is 0 Å². The lowest BCUT2D eigenvalue weighted by atomic mass is 10.1. The summed E-state index contributed by atoms with van der Waals surface area (Å²) in [5.41, 5.74) is 0.334. The lowest BCUT2D eigenvalue weighted by Gasteiger charge is -2.15. The summed E-state index contributed by atoms with van der Waals surface area (Å²) in [7, 11) is -3.00. The van der Waals surface area contributed by atoms with Crippen molar-refractivity contribution in [2.24, 2.45) is 0 Å². The Kier molecular flexibility index (Phi) is 3.49. The van der Waals surface area contributed by atoms with Crippen LogP contribution in [0.3, 0.4) is 0 Å². The highest BCUT2D eigenvalue weighted by molar-refractivity contribution is 7.91. The summed E-state index contributed by atoms with van der Waals surface area (Å²) in [4.78, 5) is 11.1. The third-order valence-corrected chi connectivity index (χ3v) is 4.90. The molecule has 98 valence electrons. The molecule has 0 radical (unpaired) electrons. The minimum Gasteiger partial charge on any atom is -0.478 e. The number of sulfone groups is 1. The largest absolute Gasteiger partial charge is 0.478 e. The van der Waals surface area contributed by atoms with Crippen molar-refractivity contribution in [1.82, 2.24) is 0 Å². The Morgan fingerprint density at radius 2 is 2.17 bits per heavy atom. The average Bonchev–Trinajstić information content (AvgIpc) is 2.57. The van der Waals surface area contributed by atoms with E-state index in [0.717, 1.165) is 0 Å². The van der Waals surface area contributed by atoms with Crippen molar-refractivity contribution in [2.45, 2.75) is 12.5 Å². The van der Waals surface area contributed by atoms with Gasteiger partial charge < -0.3 is 10.4 Å². The van der Waals surface area contributed by atoms with Crippen LogP contribution in [0.1, 0.15) is 16.8 Å². The van der Waals surface area contributed by atoms with Crippen LogP contribution in [0.25, 0.3) is 0 Å². The van der Waals surface area contributed by atoms with Crippen LogP contribution in [-0.2, 0) is 9.84 Å². The molecular formula is C11H12ClNO4S. The molecule has 1 unspecified atom stereocenters. The molecular weight excluding hydrogens is 278 g/mol. The molecule has 1 aromatic carbocycles. The summed E-state index contributed by atoms with van der Waals surface area (Å²) in [5, 5.41) is 12.2. The molecule has 2 rings (SSSR count). The molecule has 2 N–H and O–H groups in total. The number of hydrogen-bond acceptors (Lipinski definition) is 4. The molecule has 1 aromatic rings. The highest BCUT2D eigenvalue weighted by atomic mass is 35.5. The van der Waals surface area contributed by atoms with Gasteiger partial charge in [0, 0.05) is 6.04 Å². The smallest absolute Gasteiger partial charge is 0.339 e. The predicted molar refractivity (Wildman–Crippen MR) is 69.1 cm³/mol. The Balaban J connectivity index is 2.25. The van der Waals surface area contributed by atoms with E-state index in [4.69, 9.17) is 16.7 Å². The number of carboxylic acids is 1. The molecule has 0 aliphatic carbocycles. The summed E-state index contributed by atoms with van der Waals surface area (Å²) >= 11 is 5.83. The van der Waals surface area contributed by atoms with Gasteiger partial charge in [0.05, 0.1) is 22.2 Å². The molecule has 1 aliphatic rings. The monoisotopic (exact) mass is 289 g/mol.